The van der Waals surface area contributed by atoms with Gasteiger partial charge in [-0.15, -0.1) is 0 Å². The van der Waals surface area contributed by atoms with Crippen LogP contribution in [-0.4, -0.2) is 25.3 Å². The molecule has 1 rings (SSSR count). The molecular weight excluding hydrogens is 198 g/mol. The average Bonchev–Trinajstić information content (AvgIpc) is 2.69. The third-order valence-corrected chi connectivity index (χ3v) is 3.47. The molecule has 96 valence electrons. The first-order valence-corrected chi connectivity index (χ1v) is 6.93. The molecule has 1 N–H and O–H groups in total. The third-order valence-electron chi connectivity index (χ3n) is 3.47. The van der Waals surface area contributed by atoms with Crippen LogP contribution >= 0.6 is 0 Å². The van der Waals surface area contributed by atoms with Crippen LogP contribution in [0.1, 0.15) is 53.4 Å². The summed E-state index contributed by atoms with van der Waals surface area (Å²) in [6, 6.07) is 1.13. The van der Waals surface area contributed by atoms with Crippen LogP contribution < -0.4 is 5.32 Å². The molecule has 0 aliphatic heterocycles. The molecule has 2 unspecified atom stereocenters. The largest absolute Gasteiger partial charge is 0.380 e. The summed E-state index contributed by atoms with van der Waals surface area (Å²) in [5.74, 6) is 1.53. The van der Waals surface area contributed by atoms with E-state index in [4.69, 9.17) is 4.74 Å². The number of rotatable bonds is 7. The van der Waals surface area contributed by atoms with Crippen LogP contribution in [0.25, 0.3) is 0 Å². The predicted octanol–water partition coefficient (Wildman–Crippen LogP) is 3.22. The Bertz CT molecular complexity index is 176. The highest BCUT2D eigenvalue weighted by molar-refractivity contribution is 4.79. The standard InChI is InChI=1S/C14H29NO/c1-11(2)9-16-10-12(3)15-13(4)14-7-5-6-8-14/h11-15H,5-10H2,1-4H3. The van der Waals surface area contributed by atoms with Crippen molar-refractivity contribution in [3.8, 4) is 0 Å². The summed E-state index contributed by atoms with van der Waals surface area (Å²) in [5, 5.41) is 3.67. The fraction of sp³-hybridized carbons (Fsp3) is 1.00. The minimum Gasteiger partial charge on any atom is -0.380 e. The molecule has 0 aromatic heterocycles. The number of ether oxygens (including phenoxy) is 1. The highest BCUT2D eigenvalue weighted by atomic mass is 16.5. The molecule has 2 atom stereocenters. The topological polar surface area (TPSA) is 21.3 Å². The summed E-state index contributed by atoms with van der Waals surface area (Å²) in [4.78, 5) is 0. The van der Waals surface area contributed by atoms with Gasteiger partial charge in [0.2, 0.25) is 0 Å². The van der Waals surface area contributed by atoms with E-state index in [0.29, 0.717) is 18.0 Å². The molecule has 0 bridgehead atoms. The molecule has 0 saturated heterocycles. The highest BCUT2D eigenvalue weighted by Crippen LogP contribution is 2.27. The zero-order valence-electron chi connectivity index (χ0n) is 11.5. The van der Waals surface area contributed by atoms with Gasteiger partial charge in [0.15, 0.2) is 0 Å². The van der Waals surface area contributed by atoms with Gasteiger partial charge in [-0.3, -0.25) is 0 Å². The third kappa shape index (κ3) is 5.31. The Morgan fingerprint density at radius 3 is 2.25 bits per heavy atom. The Labute approximate surface area is 101 Å². The molecule has 1 saturated carbocycles. The summed E-state index contributed by atoms with van der Waals surface area (Å²) in [5.41, 5.74) is 0. The van der Waals surface area contributed by atoms with Crippen LogP contribution in [0.15, 0.2) is 0 Å². The fourth-order valence-electron chi connectivity index (χ4n) is 2.57. The van der Waals surface area contributed by atoms with E-state index in [9.17, 15) is 0 Å². The van der Waals surface area contributed by atoms with Gasteiger partial charge in [-0.05, 0) is 38.5 Å². The SMILES string of the molecule is CC(C)COCC(C)NC(C)C1CCCC1. The van der Waals surface area contributed by atoms with Crippen molar-refractivity contribution < 1.29 is 4.74 Å². The molecule has 0 amide bonds. The van der Waals surface area contributed by atoms with Crippen LogP contribution in [0.3, 0.4) is 0 Å². The summed E-state index contributed by atoms with van der Waals surface area (Å²) in [6.07, 6.45) is 5.67. The van der Waals surface area contributed by atoms with Crippen molar-refractivity contribution in [2.45, 2.75) is 65.5 Å². The maximum absolute atomic E-state index is 5.66. The molecule has 2 nitrogen and oxygen atoms in total. The average molecular weight is 227 g/mol. The molecule has 0 spiro atoms. The van der Waals surface area contributed by atoms with Crippen molar-refractivity contribution in [2.75, 3.05) is 13.2 Å². The van der Waals surface area contributed by atoms with Crippen molar-refractivity contribution >= 4 is 0 Å². The van der Waals surface area contributed by atoms with Gasteiger partial charge in [-0.2, -0.15) is 0 Å². The highest BCUT2D eigenvalue weighted by Gasteiger charge is 2.22. The molecule has 0 aromatic carbocycles. The van der Waals surface area contributed by atoms with E-state index in [1.165, 1.54) is 25.7 Å². The first kappa shape index (κ1) is 14.0. The fourth-order valence-corrected chi connectivity index (χ4v) is 2.57. The molecule has 0 aromatic rings. The Kier molecular flexibility index (Phi) is 6.37. The minimum absolute atomic E-state index is 0.481. The maximum Gasteiger partial charge on any atom is 0.0617 e. The number of hydrogen-bond donors (Lipinski definition) is 1. The quantitative estimate of drug-likeness (QED) is 0.721. The molecule has 1 aliphatic carbocycles. The Hall–Kier alpha value is -0.0800. The first-order valence-electron chi connectivity index (χ1n) is 6.93. The number of hydrogen-bond acceptors (Lipinski definition) is 2. The lowest BCUT2D eigenvalue weighted by atomic mass is 9.99. The first-order chi connectivity index (χ1) is 7.59. The minimum atomic E-state index is 0.481. The van der Waals surface area contributed by atoms with Crippen LogP contribution in [0, 0.1) is 11.8 Å². The lowest BCUT2D eigenvalue weighted by molar-refractivity contribution is 0.0893. The van der Waals surface area contributed by atoms with Crippen molar-refractivity contribution in [1.29, 1.82) is 0 Å². The van der Waals surface area contributed by atoms with E-state index in [1.54, 1.807) is 0 Å². The second-order valence-corrected chi connectivity index (χ2v) is 5.83. The van der Waals surface area contributed by atoms with Crippen molar-refractivity contribution in [1.82, 2.24) is 5.32 Å². The summed E-state index contributed by atoms with van der Waals surface area (Å²) < 4.78 is 5.66. The Balaban J connectivity index is 2.10. The van der Waals surface area contributed by atoms with Gasteiger partial charge in [-0.25, -0.2) is 0 Å². The molecular formula is C14H29NO. The van der Waals surface area contributed by atoms with E-state index in [-0.39, 0.29) is 0 Å². The lowest BCUT2D eigenvalue weighted by Crippen LogP contribution is -2.41. The Morgan fingerprint density at radius 1 is 1.06 bits per heavy atom. The van der Waals surface area contributed by atoms with Gasteiger partial charge in [0.1, 0.15) is 0 Å². The van der Waals surface area contributed by atoms with Crippen molar-refractivity contribution in [3.05, 3.63) is 0 Å². The second kappa shape index (κ2) is 7.29. The number of nitrogens with one attached hydrogen (secondary N) is 1. The zero-order chi connectivity index (χ0) is 12.0. The van der Waals surface area contributed by atoms with E-state index in [1.807, 2.05) is 0 Å². The Morgan fingerprint density at radius 2 is 1.69 bits per heavy atom. The van der Waals surface area contributed by atoms with Crippen LogP contribution in [0.4, 0.5) is 0 Å². The monoisotopic (exact) mass is 227 g/mol. The molecule has 1 aliphatic rings. The maximum atomic E-state index is 5.66. The predicted molar refractivity (Wildman–Crippen MR) is 69.7 cm³/mol. The molecule has 0 radical (unpaired) electrons. The van der Waals surface area contributed by atoms with E-state index < -0.39 is 0 Å². The molecule has 16 heavy (non-hydrogen) atoms. The van der Waals surface area contributed by atoms with Gasteiger partial charge in [0.25, 0.3) is 0 Å². The van der Waals surface area contributed by atoms with Crippen LogP contribution in [0.5, 0.6) is 0 Å². The second-order valence-electron chi connectivity index (χ2n) is 5.83. The van der Waals surface area contributed by atoms with Crippen LogP contribution in [-0.2, 0) is 4.74 Å². The summed E-state index contributed by atoms with van der Waals surface area (Å²) in [6.45, 7) is 10.7. The zero-order valence-corrected chi connectivity index (χ0v) is 11.5. The van der Waals surface area contributed by atoms with E-state index in [2.05, 4.69) is 33.0 Å². The van der Waals surface area contributed by atoms with Crippen molar-refractivity contribution in [3.63, 3.8) is 0 Å². The molecule has 2 heteroatoms. The van der Waals surface area contributed by atoms with E-state index in [0.717, 1.165) is 19.1 Å². The van der Waals surface area contributed by atoms with Gasteiger partial charge in [0, 0.05) is 18.7 Å². The van der Waals surface area contributed by atoms with E-state index >= 15 is 0 Å². The van der Waals surface area contributed by atoms with Gasteiger partial charge in [-0.1, -0.05) is 26.7 Å². The molecule has 0 heterocycles. The smallest absolute Gasteiger partial charge is 0.0617 e. The summed E-state index contributed by atoms with van der Waals surface area (Å²) in [7, 11) is 0. The van der Waals surface area contributed by atoms with Crippen molar-refractivity contribution in [2.24, 2.45) is 11.8 Å². The van der Waals surface area contributed by atoms with Gasteiger partial charge in [0.05, 0.1) is 6.61 Å². The van der Waals surface area contributed by atoms with Crippen LogP contribution in [0.2, 0.25) is 0 Å². The normalized spacial score (nSPS) is 21.6. The molecule has 1 fully saturated rings. The van der Waals surface area contributed by atoms with Gasteiger partial charge >= 0.3 is 0 Å². The lowest BCUT2D eigenvalue weighted by Gasteiger charge is -2.25. The summed E-state index contributed by atoms with van der Waals surface area (Å²) >= 11 is 0. The van der Waals surface area contributed by atoms with Gasteiger partial charge < -0.3 is 10.1 Å².